The molecule has 0 aliphatic heterocycles. The SMILES string of the molecule is COC(=O)C(NCC(=O)Nc1cccc(F)c1)C(C)C. The van der Waals surface area contributed by atoms with E-state index in [9.17, 15) is 14.0 Å². The summed E-state index contributed by atoms with van der Waals surface area (Å²) in [4.78, 5) is 23.2. The summed E-state index contributed by atoms with van der Waals surface area (Å²) in [6.07, 6.45) is 0. The first-order chi connectivity index (χ1) is 9.43. The van der Waals surface area contributed by atoms with Gasteiger partial charge in [-0.15, -0.1) is 0 Å². The quantitative estimate of drug-likeness (QED) is 0.777. The fourth-order valence-electron chi connectivity index (χ4n) is 1.69. The molecule has 1 unspecified atom stereocenters. The van der Waals surface area contributed by atoms with Gasteiger partial charge < -0.3 is 10.1 Å². The topological polar surface area (TPSA) is 67.4 Å². The zero-order valence-electron chi connectivity index (χ0n) is 11.8. The van der Waals surface area contributed by atoms with E-state index in [2.05, 4.69) is 15.4 Å². The molecule has 1 amide bonds. The molecule has 6 heteroatoms. The third-order valence-corrected chi connectivity index (χ3v) is 2.71. The zero-order chi connectivity index (χ0) is 15.1. The second kappa shape index (κ2) is 7.59. The molecule has 0 heterocycles. The predicted molar refractivity (Wildman–Crippen MR) is 73.7 cm³/mol. The van der Waals surface area contributed by atoms with E-state index in [1.807, 2.05) is 13.8 Å². The lowest BCUT2D eigenvalue weighted by Gasteiger charge is -2.19. The van der Waals surface area contributed by atoms with Gasteiger partial charge in [-0.2, -0.15) is 0 Å². The molecule has 0 aromatic heterocycles. The summed E-state index contributed by atoms with van der Waals surface area (Å²) < 4.78 is 17.6. The standard InChI is InChI=1S/C14H19FN2O3/c1-9(2)13(14(19)20-3)16-8-12(18)17-11-6-4-5-10(15)7-11/h4-7,9,13,16H,8H2,1-3H3,(H,17,18). The van der Waals surface area contributed by atoms with Crippen molar-refractivity contribution in [3.05, 3.63) is 30.1 Å². The van der Waals surface area contributed by atoms with Crippen LogP contribution in [0.5, 0.6) is 0 Å². The average Bonchev–Trinajstić information content (AvgIpc) is 2.38. The number of carbonyl (C=O) groups is 2. The molecule has 20 heavy (non-hydrogen) atoms. The largest absolute Gasteiger partial charge is 0.468 e. The van der Waals surface area contributed by atoms with Crippen LogP contribution in [0.4, 0.5) is 10.1 Å². The van der Waals surface area contributed by atoms with Gasteiger partial charge in [0.25, 0.3) is 0 Å². The van der Waals surface area contributed by atoms with Crippen molar-refractivity contribution in [2.75, 3.05) is 19.0 Å². The molecule has 2 N–H and O–H groups in total. The van der Waals surface area contributed by atoms with Gasteiger partial charge in [-0.25, -0.2) is 4.39 Å². The van der Waals surface area contributed by atoms with Gasteiger partial charge >= 0.3 is 5.97 Å². The summed E-state index contributed by atoms with van der Waals surface area (Å²) in [6, 6.07) is 5.04. The van der Waals surface area contributed by atoms with Crippen molar-refractivity contribution in [3.8, 4) is 0 Å². The lowest BCUT2D eigenvalue weighted by atomic mass is 10.0. The smallest absolute Gasteiger partial charge is 0.323 e. The van der Waals surface area contributed by atoms with Gasteiger partial charge in [0.05, 0.1) is 13.7 Å². The highest BCUT2D eigenvalue weighted by Gasteiger charge is 2.23. The third kappa shape index (κ3) is 4.97. The Bertz CT molecular complexity index is 477. The molecule has 110 valence electrons. The normalized spacial score (nSPS) is 12.1. The monoisotopic (exact) mass is 282 g/mol. The van der Waals surface area contributed by atoms with E-state index in [4.69, 9.17) is 0 Å². The van der Waals surface area contributed by atoms with E-state index in [1.54, 1.807) is 6.07 Å². The van der Waals surface area contributed by atoms with Crippen LogP contribution in [-0.4, -0.2) is 31.6 Å². The molecule has 0 saturated carbocycles. The van der Waals surface area contributed by atoms with Crippen LogP contribution < -0.4 is 10.6 Å². The number of esters is 1. The number of methoxy groups -OCH3 is 1. The molecular formula is C14H19FN2O3. The van der Waals surface area contributed by atoms with Gasteiger partial charge in [0.15, 0.2) is 0 Å². The fraction of sp³-hybridized carbons (Fsp3) is 0.429. The van der Waals surface area contributed by atoms with Gasteiger partial charge in [0.2, 0.25) is 5.91 Å². The Balaban J connectivity index is 2.52. The maximum atomic E-state index is 13.0. The lowest BCUT2D eigenvalue weighted by Crippen LogP contribution is -2.45. The van der Waals surface area contributed by atoms with Gasteiger partial charge in [-0.3, -0.25) is 14.9 Å². The molecule has 0 bridgehead atoms. The van der Waals surface area contributed by atoms with Crippen LogP contribution in [-0.2, 0) is 14.3 Å². The highest BCUT2D eigenvalue weighted by atomic mass is 19.1. The van der Waals surface area contributed by atoms with Crippen LogP contribution >= 0.6 is 0 Å². The molecule has 1 rings (SSSR count). The van der Waals surface area contributed by atoms with Crippen LogP contribution in [0.1, 0.15) is 13.8 Å². The highest BCUT2D eigenvalue weighted by molar-refractivity contribution is 5.92. The van der Waals surface area contributed by atoms with E-state index in [0.29, 0.717) is 5.69 Å². The lowest BCUT2D eigenvalue weighted by molar-refractivity contribution is -0.144. The molecule has 1 aromatic rings. The molecule has 1 atom stereocenters. The van der Waals surface area contributed by atoms with Crippen LogP contribution in [0, 0.1) is 11.7 Å². The number of carbonyl (C=O) groups excluding carboxylic acids is 2. The van der Waals surface area contributed by atoms with Crippen molar-refractivity contribution in [3.63, 3.8) is 0 Å². The zero-order valence-corrected chi connectivity index (χ0v) is 11.8. The number of ether oxygens (including phenoxy) is 1. The maximum Gasteiger partial charge on any atom is 0.323 e. The van der Waals surface area contributed by atoms with Crippen molar-refractivity contribution in [1.29, 1.82) is 0 Å². The second-order valence-corrected chi connectivity index (χ2v) is 4.68. The Kier molecular flexibility index (Phi) is 6.11. The summed E-state index contributed by atoms with van der Waals surface area (Å²) in [5, 5.41) is 5.36. The molecule has 0 aliphatic carbocycles. The minimum atomic E-state index is -0.557. The summed E-state index contributed by atoms with van der Waals surface area (Å²) >= 11 is 0. The number of rotatable bonds is 6. The molecule has 0 fully saturated rings. The summed E-state index contributed by atoms with van der Waals surface area (Å²) in [5.74, 6) is -1.21. The second-order valence-electron chi connectivity index (χ2n) is 4.68. The number of hydrogen-bond donors (Lipinski definition) is 2. The fourth-order valence-corrected chi connectivity index (χ4v) is 1.69. The number of benzene rings is 1. The van der Waals surface area contributed by atoms with Crippen LogP contribution in [0.2, 0.25) is 0 Å². The average molecular weight is 282 g/mol. The van der Waals surface area contributed by atoms with E-state index < -0.39 is 17.8 Å². The predicted octanol–water partition coefficient (Wildman–Crippen LogP) is 1.55. The van der Waals surface area contributed by atoms with Gasteiger partial charge in [-0.05, 0) is 24.1 Å². The molecule has 0 radical (unpaired) electrons. The molecular weight excluding hydrogens is 263 g/mol. The highest BCUT2D eigenvalue weighted by Crippen LogP contribution is 2.09. The van der Waals surface area contributed by atoms with Crippen LogP contribution in [0.15, 0.2) is 24.3 Å². The number of anilines is 1. The molecule has 0 saturated heterocycles. The van der Waals surface area contributed by atoms with E-state index in [0.717, 1.165) is 0 Å². The Morgan fingerprint density at radius 3 is 2.60 bits per heavy atom. The maximum absolute atomic E-state index is 13.0. The van der Waals surface area contributed by atoms with Crippen molar-refractivity contribution in [1.82, 2.24) is 5.32 Å². The van der Waals surface area contributed by atoms with Crippen molar-refractivity contribution in [2.24, 2.45) is 5.92 Å². The first-order valence-electron chi connectivity index (χ1n) is 6.30. The molecule has 0 aliphatic rings. The first-order valence-corrected chi connectivity index (χ1v) is 6.30. The van der Waals surface area contributed by atoms with Crippen molar-refractivity contribution < 1.29 is 18.7 Å². The van der Waals surface area contributed by atoms with Gasteiger partial charge in [0.1, 0.15) is 11.9 Å². The Morgan fingerprint density at radius 1 is 1.35 bits per heavy atom. The molecule has 1 aromatic carbocycles. The van der Waals surface area contributed by atoms with Crippen LogP contribution in [0.3, 0.4) is 0 Å². The van der Waals surface area contributed by atoms with Gasteiger partial charge in [-0.1, -0.05) is 19.9 Å². The minimum Gasteiger partial charge on any atom is -0.468 e. The number of hydrogen-bond acceptors (Lipinski definition) is 4. The van der Waals surface area contributed by atoms with E-state index in [1.165, 1.54) is 25.3 Å². The van der Waals surface area contributed by atoms with E-state index in [-0.39, 0.29) is 18.4 Å². The van der Waals surface area contributed by atoms with E-state index >= 15 is 0 Å². The Labute approximate surface area is 117 Å². The van der Waals surface area contributed by atoms with Gasteiger partial charge in [0, 0.05) is 5.69 Å². The van der Waals surface area contributed by atoms with Crippen LogP contribution in [0.25, 0.3) is 0 Å². The summed E-state index contributed by atoms with van der Waals surface area (Å²) in [7, 11) is 1.30. The summed E-state index contributed by atoms with van der Waals surface area (Å²) in [5.41, 5.74) is 0.371. The first kappa shape index (κ1) is 16.1. The number of amides is 1. The van der Waals surface area contributed by atoms with Crippen molar-refractivity contribution in [2.45, 2.75) is 19.9 Å². The number of nitrogens with one attached hydrogen (secondary N) is 2. The number of halogens is 1. The third-order valence-electron chi connectivity index (χ3n) is 2.71. The Morgan fingerprint density at radius 2 is 2.05 bits per heavy atom. The summed E-state index contributed by atoms with van der Waals surface area (Å²) in [6.45, 7) is 3.63. The Hall–Kier alpha value is -1.95. The minimum absolute atomic E-state index is 0.00980. The van der Waals surface area contributed by atoms with Crippen molar-refractivity contribution >= 4 is 17.6 Å². The molecule has 5 nitrogen and oxygen atoms in total. The molecule has 0 spiro atoms.